The van der Waals surface area contributed by atoms with Crippen LogP contribution < -0.4 is 0 Å². The van der Waals surface area contributed by atoms with E-state index in [9.17, 15) is 0 Å². The highest BCUT2D eigenvalue weighted by Crippen LogP contribution is 2.58. The van der Waals surface area contributed by atoms with Crippen molar-refractivity contribution >= 4 is 0 Å². The zero-order valence-corrected chi connectivity index (χ0v) is 15.7. The molecule has 4 aliphatic carbocycles. The molecule has 4 unspecified atom stereocenters. The van der Waals surface area contributed by atoms with Gasteiger partial charge in [-0.2, -0.15) is 0 Å². The van der Waals surface area contributed by atoms with E-state index in [-0.39, 0.29) is 0 Å². The first kappa shape index (κ1) is 16.3. The molecule has 0 N–H and O–H groups in total. The van der Waals surface area contributed by atoms with E-state index in [2.05, 4.69) is 53.7 Å². The van der Waals surface area contributed by atoms with Crippen molar-refractivity contribution in [2.24, 2.45) is 34.5 Å². The molecule has 22 heavy (non-hydrogen) atoms. The van der Waals surface area contributed by atoms with Gasteiger partial charge in [-0.3, -0.25) is 0 Å². The summed E-state index contributed by atoms with van der Waals surface area (Å²) < 4.78 is 0. The Bertz CT molecular complexity index is 435. The van der Waals surface area contributed by atoms with E-state index in [1.807, 2.05) is 11.1 Å². The summed E-state index contributed by atoms with van der Waals surface area (Å²) in [5.74, 6) is 3.82. The Labute approximate surface area is 138 Å². The summed E-state index contributed by atoms with van der Waals surface area (Å²) in [6.07, 6.45) is 13.6. The lowest BCUT2D eigenvalue weighted by molar-refractivity contribution is 0.382. The van der Waals surface area contributed by atoms with Crippen LogP contribution in [-0.4, -0.2) is 0 Å². The fourth-order valence-corrected chi connectivity index (χ4v) is 5.70. The molecule has 0 nitrogen and oxygen atoms in total. The minimum atomic E-state index is 0.391. The Morgan fingerprint density at radius 3 is 1.27 bits per heavy atom. The van der Waals surface area contributed by atoms with Crippen LogP contribution in [0.25, 0.3) is 0 Å². The molecular formula is C22H36. The Balaban J connectivity index is 0.000000169. The van der Waals surface area contributed by atoms with Gasteiger partial charge in [0.1, 0.15) is 0 Å². The van der Waals surface area contributed by atoms with E-state index in [4.69, 9.17) is 0 Å². The first-order valence-electron chi connectivity index (χ1n) is 9.59. The second kappa shape index (κ2) is 5.53. The van der Waals surface area contributed by atoms with Crippen LogP contribution in [0.5, 0.6) is 0 Å². The summed E-state index contributed by atoms with van der Waals surface area (Å²) >= 11 is 0. The third kappa shape index (κ3) is 3.08. The minimum Gasteiger partial charge on any atom is -0.0851 e. The van der Waals surface area contributed by atoms with Gasteiger partial charge in [0, 0.05) is 0 Å². The van der Waals surface area contributed by atoms with E-state index >= 15 is 0 Å². The largest absolute Gasteiger partial charge is 0.0851 e. The van der Waals surface area contributed by atoms with Crippen LogP contribution >= 0.6 is 0 Å². The Kier molecular flexibility index (Phi) is 4.11. The van der Waals surface area contributed by atoms with Crippen LogP contribution in [0.15, 0.2) is 23.3 Å². The zero-order chi connectivity index (χ0) is 16.1. The van der Waals surface area contributed by atoms with E-state index < -0.39 is 0 Å². The van der Waals surface area contributed by atoms with Gasteiger partial charge in [0.05, 0.1) is 0 Å². The molecule has 4 bridgehead atoms. The average Bonchev–Trinajstić information content (AvgIpc) is 3.17. The molecule has 0 radical (unpaired) electrons. The molecular weight excluding hydrogens is 264 g/mol. The van der Waals surface area contributed by atoms with Gasteiger partial charge in [0.2, 0.25) is 0 Å². The van der Waals surface area contributed by atoms with Crippen molar-refractivity contribution in [3.63, 3.8) is 0 Å². The average molecular weight is 301 g/mol. The van der Waals surface area contributed by atoms with E-state index in [0.29, 0.717) is 10.8 Å². The predicted octanol–water partition coefficient (Wildman–Crippen LogP) is 6.78. The molecule has 0 heteroatoms. The molecule has 4 aliphatic rings. The topological polar surface area (TPSA) is 0 Å². The normalized spacial score (nSPS) is 36.1. The standard InChI is InChI=1S/C15H26.C7H10/c1-14(2,3)12-10-7-8-11(9-10)13(12)15(4,5)6;1-2-7-4-3-6(1)5-7/h10-11H,7-9H2,1-6H3;1-2,6-7H,3-5H2. The monoisotopic (exact) mass is 300 g/mol. The summed E-state index contributed by atoms with van der Waals surface area (Å²) in [5.41, 5.74) is 4.41. The summed E-state index contributed by atoms with van der Waals surface area (Å²) in [7, 11) is 0. The molecule has 2 saturated carbocycles. The Morgan fingerprint density at radius 2 is 1.05 bits per heavy atom. The van der Waals surface area contributed by atoms with E-state index in [1.54, 1.807) is 0 Å². The van der Waals surface area contributed by atoms with Crippen molar-refractivity contribution in [3.05, 3.63) is 23.3 Å². The second-order valence-electron chi connectivity index (χ2n) is 10.3. The fourth-order valence-electron chi connectivity index (χ4n) is 5.70. The summed E-state index contributed by atoms with van der Waals surface area (Å²) in [6, 6.07) is 0. The highest BCUT2D eigenvalue weighted by Gasteiger charge is 2.46. The maximum atomic E-state index is 2.40. The molecule has 0 amide bonds. The van der Waals surface area contributed by atoms with Crippen molar-refractivity contribution in [1.82, 2.24) is 0 Å². The van der Waals surface area contributed by atoms with Crippen LogP contribution in [0.4, 0.5) is 0 Å². The van der Waals surface area contributed by atoms with Gasteiger partial charge in [0.15, 0.2) is 0 Å². The molecule has 0 spiro atoms. The van der Waals surface area contributed by atoms with Gasteiger partial charge in [-0.05, 0) is 73.0 Å². The number of fused-ring (bicyclic) bond motifs is 4. The smallest absolute Gasteiger partial charge is 0.0167 e. The van der Waals surface area contributed by atoms with Gasteiger partial charge >= 0.3 is 0 Å². The second-order valence-corrected chi connectivity index (χ2v) is 10.3. The van der Waals surface area contributed by atoms with Gasteiger partial charge in [-0.15, -0.1) is 0 Å². The molecule has 0 aromatic heterocycles. The lowest BCUT2D eigenvalue weighted by Crippen LogP contribution is -2.24. The van der Waals surface area contributed by atoms with E-state index in [0.717, 1.165) is 23.7 Å². The number of rotatable bonds is 0. The number of hydrogen-bond donors (Lipinski definition) is 0. The van der Waals surface area contributed by atoms with Gasteiger partial charge in [0.25, 0.3) is 0 Å². The molecule has 0 heterocycles. The lowest BCUT2D eigenvalue weighted by Gasteiger charge is -2.36. The first-order chi connectivity index (χ1) is 10.2. The third-order valence-electron chi connectivity index (χ3n) is 6.32. The maximum absolute atomic E-state index is 2.40. The fraction of sp³-hybridized carbons (Fsp3) is 0.818. The number of allylic oxidation sites excluding steroid dienone is 4. The maximum Gasteiger partial charge on any atom is -0.0167 e. The number of hydrogen-bond acceptors (Lipinski definition) is 0. The third-order valence-corrected chi connectivity index (χ3v) is 6.32. The summed E-state index contributed by atoms with van der Waals surface area (Å²) in [4.78, 5) is 0. The van der Waals surface area contributed by atoms with Crippen molar-refractivity contribution in [3.8, 4) is 0 Å². The van der Waals surface area contributed by atoms with E-state index in [1.165, 1.54) is 38.5 Å². The summed E-state index contributed by atoms with van der Waals surface area (Å²) in [5, 5.41) is 0. The molecule has 0 aliphatic heterocycles. The minimum absolute atomic E-state index is 0.391. The van der Waals surface area contributed by atoms with Crippen LogP contribution in [0.2, 0.25) is 0 Å². The van der Waals surface area contributed by atoms with Crippen LogP contribution in [0, 0.1) is 34.5 Å². The highest BCUT2D eigenvalue weighted by atomic mass is 14.5. The Morgan fingerprint density at radius 1 is 0.636 bits per heavy atom. The van der Waals surface area contributed by atoms with Crippen molar-refractivity contribution < 1.29 is 0 Å². The SMILES string of the molecule is C1=CC2CCC1C2.CC(C)(C)C1=C(C(C)(C)C)C2CCC1C2. The summed E-state index contributed by atoms with van der Waals surface area (Å²) in [6.45, 7) is 14.4. The van der Waals surface area contributed by atoms with Crippen molar-refractivity contribution in [2.75, 3.05) is 0 Å². The quantitative estimate of drug-likeness (QED) is 0.433. The van der Waals surface area contributed by atoms with Crippen LogP contribution in [0.1, 0.15) is 80.1 Å². The van der Waals surface area contributed by atoms with Gasteiger partial charge in [-0.1, -0.05) is 64.8 Å². The van der Waals surface area contributed by atoms with Gasteiger partial charge in [-0.25, -0.2) is 0 Å². The van der Waals surface area contributed by atoms with Crippen LogP contribution in [0.3, 0.4) is 0 Å². The van der Waals surface area contributed by atoms with Crippen LogP contribution in [-0.2, 0) is 0 Å². The lowest BCUT2D eigenvalue weighted by atomic mass is 9.69. The molecule has 2 fully saturated rings. The highest BCUT2D eigenvalue weighted by molar-refractivity contribution is 5.36. The Hall–Kier alpha value is -0.520. The van der Waals surface area contributed by atoms with Crippen molar-refractivity contribution in [1.29, 1.82) is 0 Å². The van der Waals surface area contributed by atoms with Crippen molar-refractivity contribution in [2.45, 2.75) is 80.1 Å². The predicted molar refractivity (Wildman–Crippen MR) is 96.7 cm³/mol. The zero-order valence-electron chi connectivity index (χ0n) is 15.7. The molecule has 4 rings (SSSR count). The molecule has 0 aromatic rings. The molecule has 0 saturated heterocycles. The first-order valence-corrected chi connectivity index (χ1v) is 9.59. The molecule has 4 atom stereocenters. The molecule has 124 valence electrons. The molecule has 0 aromatic carbocycles. The van der Waals surface area contributed by atoms with Gasteiger partial charge < -0.3 is 0 Å².